The zero-order chi connectivity index (χ0) is 8.97. The van der Waals surface area contributed by atoms with E-state index in [1.165, 1.54) is 0 Å². The quantitative estimate of drug-likeness (QED) is 0.709. The summed E-state index contributed by atoms with van der Waals surface area (Å²) < 4.78 is 0. The molecule has 1 N–H and O–H groups in total. The molecule has 1 rings (SSSR count). The Morgan fingerprint density at radius 2 is 2.58 bits per heavy atom. The number of nitrogens with zero attached hydrogens (tertiary/aromatic N) is 2. The SMILES string of the molecule is CN(CCCl)C(=O)c1ccn[nH]1. The lowest BCUT2D eigenvalue weighted by molar-refractivity contribution is 0.0797. The molecule has 1 aromatic heterocycles. The molecule has 0 radical (unpaired) electrons. The molecular formula is C7H10ClN3O. The van der Waals surface area contributed by atoms with Gasteiger partial charge in [0.15, 0.2) is 0 Å². The molecule has 4 nitrogen and oxygen atoms in total. The average Bonchev–Trinajstić information content (AvgIpc) is 2.55. The summed E-state index contributed by atoms with van der Waals surface area (Å²) in [5, 5.41) is 6.27. The van der Waals surface area contributed by atoms with Crippen LogP contribution in [-0.4, -0.2) is 40.5 Å². The number of alkyl halides is 1. The molecule has 0 saturated heterocycles. The number of hydrogen-bond acceptors (Lipinski definition) is 2. The van der Waals surface area contributed by atoms with Crippen molar-refractivity contribution in [1.82, 2.24) is 15.1 Å². The summed E-state index contributed by atoms with van der Waals surface area (Å²) in [6.07, 6.45) is 1.54. The van der Waals surface area contributed by atoms with Gasteiger partial charge < -0.3 is 4.90 Å². The largest absolute Gasteiger partial charge is 0.339 e. The van der Waals surface area contributed by atoms with Gasteiger partial charge in [-0.2, -0.15) is 5.10 Å². The van der Waals surface area contributed by atoms with E-state index in [2.05, 4.69) is 10.2 Å². The van der Waals surface area contributed by atoms with Crippen molar-refractivity contribution in [3.8, 4) is 0 Å². The molecular weight excluding hydrogens is 178 g/mol. The highest BCUT2D eigenvalue weighted by Crippen LogP contribution is 1.97. The smallest absolute Gasteiger partial charge is 0.271 e. The Morgan fingerprint density at radius 1 is 1.83 bits per heavy atom. The van der Waals surface area contributed by atoms with Gasteiger partial charge in [0.2, 0.25) is 0 Å². The van der Waals surface area contributed by atoms with E-state index in [-0.39, 0.29) is 5.91 Å². The number of hydrogen-bond donors (Lipinski definition) is 1. The maximum absolute atomic E-state index is 11.4. The van der Waals surface area contributed by atoms with Gasteiger partial charge in [-0.05, 0) is 6.07 Å². The third-order valence-corrected chi connectivity index (χ3v) is 1.67. The van der Waals surface area contributed by atoms with Crippen LogP contribution in [0.15, 0.2) is 12.3 Å². The molecule has 5 heteroatoms. The molecule has 0 fully saturated rings. The molecule has 0 aliphatic carbocycles. The van der Waals surface area contributed by atoms with Gasteiger partial charge >= 0.3 is 0 Å². The molecule has 0 aliphatic rings. The van der Waals surface area contributed by atoms with Crippen LogP contribution in [0.2, 0.25) is 0 Å². The van der Waals surface area contributed by atoms with Gasteiger partial charge in [0.25, 0.3) is 5.91 Å². The lowest BCUT2D eigenvalue weighted by Gasteiger charge is -2.13. The fourth-order valence-corrected chi connectivity index (χ4v) is 1.06. The summed E-state index contributed by atoms with van der Waals surface area (Å²) in [4.78, 5) is 12.9. The summed E-state index contributed by atoms with van der Waals surface area (Å²) >= 11 is 5.48. The molecule has 0 bridgehead atoms. The Hall–Kier alpha value is -1.03. The monoisotopic (exact) mass is 187 g/mol. The standard InChI is InChI=1S/C7H10ClN3O/c1-11(5-3-8)7(12)6-2-4-9-10-6/h2,4H,3,5H2,1H3,(H,9,10). The van der Waals surface area contributed by atoms with Gasteiger partial charge in [-0.1, -0.05) is 0 Å². The number of H-pyrrole nitrogens is 1. The van der Waals surface area contributed by atoms with Crippen molar-refractivity contribution >= 4 is 17.5 Å². The van der Waals surface area contributed by atoms with Gasteiger partial charge in [0.05, 0.1) is 0 Å². The molecule has 0 atom stereocenters. The molecule has 66 valence electrons. The second-order valence-electron chi connectivity index (χ2n) is 2.39. The van der Waals surface area contributed by atoms with Crippen molar-refractivity contribution in [2.24, 2.45) is 0 Å². The predicted molar refractivity (Wildman–Crippen MR) is 46.3 cm³/mol. The van der Waals surface area contributed by atoms with E-state index >= 15 is 0 Å². The van der Waals surface area contributed by atoms with Crippen molar-refractivity contribution in [3.63, 3.8) is 0 Å². The summed E-state index contributed by atoms with van der Waals surface area (Å²) in [5.74, 6) is 0.351. The minimum absolute atomic E-state index is 0.0897. The number of carbonyl (C=O) groups is 1. The maximum atomic E-state index is 11.4. The number of halogens is 1. The first-order chi connectivity index (χ1) is 5.75. The Kier molecular flexibility index (Phi) is 3.10. The highest BCUT2D eigenvalue weighted by Gasteiger charge is 2.11. The van der Waals surface area contributed by atoms with Crippen LogP contribution in [0.1, 0.15) is 10.5 Å². The molecule has 12 heavy (non-hydrogen) atoms. The van der Waals surface area contributed by atoms with Crippen LogP contribution in [-0.2, 0) is 0 Å². The number of aromatic amines is 1. The van der Waals surface area contributed by atoms with Gasteiger partial charge in [0.1, 0.15) is 5.69 Å². The Balaban J connectivity index is 2.59. The number of carbonyl (C=O) groups excluding carboxylic acids is 1. The second kappa shape index (κ2) is 4.11. The van der Waals surface area contributed by atoms with E-state index in [9.17, 15) is 4.79 Å². The molecule has 1 amide bonds. The number of aromatic nitrogens is 2. The first-order valence-electron chi connectivity index (χ1n) is 3.56. The van der Waals surface area contributed by atoms with Crippen LogP contribution in [0.4, 0.5) is 0 Å². The maximum Gasteiger partial charge on any atom is 0.271 e. The Labute approximate surface area is 75.5 Å². The van der Waals surface area contributed by atoms with Crippen LogP contribution < -0.4 is 0 Å². The summed E-state index contributed by atoms with van der Waals surface area (Å²) in [7, 11) is 1.70. The molecule has 0 spiro atoms. The average molecular weight is 188 g/mol. The van der Waals surface area contributed by atoms with Gasteiger partial charge in [-0.25, -0.2) is 0 Å². The lowest BCUT2D eigenvalue weighted by Crippen LogP contribution is -2.28. The van der Waals surface area contributed by atoms with Crippen LogP contribution in [0, 0.1) is 0 Å². The number of rotatable bonds is 3. The topological polar surface area (TPSA) is 49.0 Å². The van der Waals surface area contributed by atoms with Gasteiger partial charge in [0, 0.05) is 25.7 Å². The van der Waals surface area contributed by atoms with Crippen LogP contribution in [0.25, 0.3) is 0 Å². The van der Waals surface area contributed by atoms with E-state index < -0.39 is 0 Å². The molecule has 0 unspecified atom stereocenters. The van der Waals surface area contributed by atoms with Gasteiger partial charge in [-0.3, -0.25) is 9.89 Å². The normalized spacial score (nSPS) is 9.83. The van der Waals surface area contributed by atoms with Crippen molar-refractivity contribution in [2.45, 2.75) is 0 Å². The summed E-state index contributed by atoms with van der Waals surface area (Å²) in [5.41, 5.74) is 0.489. The van der Waals surface area contributed by atoms with Crippen LogP contribution in [0.5, 0.6) is 0 Å². The zero-order valence-electron chi connectivity index (χ0n) is 6.75. The first kappa shape index (κ1) is 9.06. The van der Waals surface area contributed by atoms with E-state index in [0.717, 1.165) is 0 Å². The molecule has 1 heterocycles. The van der Waals surface area contributed by atoms with E-state index in [4.69, 9.17) is 11.6 Å². The third-order valence-electron chi connectivity index (χ3n) is 1.50. The third kappa shape index (κ3) is 1.98. The van der Waals surface area contributed by atoms with E-state index in [1.807, 2.05) is 0 Å². The van der Waals surface area contributed by atoms with E-state index in [1.54, 1.807) is 24.2 Å². The lowest BCUT2D eigenvalue weighted by atomic mass is 10.4. The highest BCUT2D eigenvalue weighted by molar-refractivity contribution is 6.18. The fraction of sp³-hybridized carbons (Fsp3) is 0.429. The first-order valence-corrected chi connectivity index (χ1v) is 4.10. The molecule has 0 aromatic carbocycles. The van der Waals surface area contributed by atoms with Crippen LogP contribution >= 0.6 is 11.6 Å². The number of nitrogens with one attached hydrogen (secondary N) is 1. The molecule has 1 aromatic rings. The minimum atomic E-state index is -0.0897. The predicted octanol–water partition coefficient (Wildman–Crippen LogP) is 0.720. The van der Waals surface area contributed by atoms with Crippen molar-refractivity contribution in [2.75, 3.05) is 19.5 Å². The number of amides is 1. The fourth-order valence-electron chi connectivity index (χ4n) is 0.809. The summed E-state index contributed by atoms with van der Waals surface area (Å²) in [6, 6.07) is 1.63. The highest BCUT2D eigenvalue weighted by atomic mass is 35.5. The van der Waals surface area contributed by atoms with Crippen molar-refractivity contribution in [1.29, 1.82) is 0 Å². The van der Waals surface area contributed by atoms with Crippen molar-refractivity contribution in [3.05, 3.63) is 18.0 Å². The Bertz CT molecular complexity index is 247. The Morgan fingerprint density at radius 3 is 3.08 bits per heavy atom. The van der Waals surface area contributed by atoms with Gasteiger partial charge in [-0.15, -0.1) is 11.6 Å². The summed E-state index contributed by atoms with van der Waals surface area (Å²) in [6.45, 7) is 0.541. The minimum Gasteiger partial charge on any atom is -0.339 e. The molecule has 0 saturated carbocycles. The van der Waals surface area contributed by atoms with E-state index in [0.29, 0.717) is 18.1 Å². The van der Waals surface area contributed by atoms with Crippen LogP contribution in [0.3, 0.4) is 0 Å². The molecule has 0 aliphatic heterocycles. The second-order valence-corrected chi connectivity index (χ2v) is 2.76. The van der Waals surface area contributed by atoms with Crippen molar-refractivity contribution < 1.29 is 4.79 Å². The zero-order valence-corrected chi connectivity index (χ0v) is 7.51.